The minimum absolute atomic E-state index is 0.239. The SMILES string of the molecule is CC(C)(C)OC(=O)N1CC=C(c2nsc(C(=O)Nc3cnc(-n4nccn4)c(C#N)c3)c2C2CC2)CC1. The first-order chi connectivity index (χ1) is 17.7. The molecule has 1 aliphatic carbocycles. The molecular formula is C25H26N8O3S. The van der Waals surface area contributed by atoms with Gasteiger partial charge in [0.1, 0.15) is 22.1 Å². The lowest BCUT2D eigenvalue weighted by Crippen LogP contribution is -2.39. The number of anilines is 1. The van der Waals surface area contributed by atoms with Gasteiger partial charge < -0.3 is 15.0 Å². The summed E-state index contributed by atoms with van der Waals surface area (Å²) in [4.78, 5) is 33.5. The number of rotatable bonds is 5. The molecule has 5 rings (SSSR count). The molecule has 2 aliphatic rings. The molecule has 0 atom stereocenters. The zero-order valence-electron chi connectivity index (χ0n) is 20.8. The summed E-state index contributed by atoms with van der Waals surface area (Å²) in [5.41, 5.74) is 2.95. The van der Waals surface area contributed by atoms with Gasteiger partial charge in [-0.2, -0.15) is 19.8 Å². The van der Waals surface area contributed by atoms with Gasteiger partial charge in [-0.25, -0.2) is 9.78 Å². The van der Waals surface area contributed by atoms with Gasteiger partial charge >= 0.3 is 6.09 Å². The highest BCUT2D eigenvalue weighted by molar-refractivity contribution is 7.08. The average Bonchev–Trinajstić information content (AvgIpc) is 3.37. The maximum atomic E-state index is 13.3. The minimum atomic E-state index is -0.544. The van der Waals surface area contributed by atoms with Crippen LogP contribution < -0.4 is 5.32 Å². The molecule has 3 aromatic rings. The summed E-state index contributed by atoms with van der Waals surface area (Å²) in [7, 11) is 0. The Morgan fingerprint density at radius 1 is 1.24 bits per heavy atom. The first kappa shape index (κ1) is 24.6. The highest BCUT2D eigenvalue weighted by atomic mass is 32.1. The van der Waals surface area contributed by atoms with E-state index in [0.717, 1.165) is 29.7 Å². The molecule has 12 heteroatoms. The van der Waals surface area contributed by atoms with Crippen LogP contribution in [0.2, 0.25) is 0 Å². The molecule has 11 nitrogen and oxygen atoms in total. The van der Waals surface area contributed by atoms with E-state index < -0.39 is 5.60 Å². The second kappa shape index (κ2) is 9.74. The van der Waals surface area contributed by atoms with E-state index in [9.17, 15) is 14.9 Å². The predicted octanol–water partition coefficient (Wildman–Crippen LogP) is 4.14. The number of nitriles is 1. The Bertz CT molecular complexity index is 1410. The van der Waals surface area contributed by atoms with Crippen molar-refractivity contribution < 1.29 is 14.3 Å². The van der Waals surface area contributed by atoms with Crippen LogP contribution in [0.1, 0.15) is 72.4 Å². The van der Waals surface area contributed by atoms with Crippen molar-refractivity contribution >= 4 is 34.8 Å². The summed E-state index contributed by atoms with van der Waals surface area (Å²) >= 11 is 1.17. The van der Waals surface area contributed by atoms with Crippen LogP contribution in [-0.4, -0.2) is 59.9 Å². The quantitative estimate of drug-likeness (QED) is 0.532. The fourth-order valence-electron chi connectivity index (χ4n) is 4.10. The van der Waals surface area contributed by atoms with Gasteiger partial charge in [-0.15, -0.1) is 4.80 Å². The lowest BCUT2D eigenvalue weighted by Gasteiger charge is -2.29. The number of pyridine rings is 1. The van der Waals surface area contributed by atoms with Gasteiger partial charge in [-0.05, 0) is 69.1 Å². The van der Waals surface area contributed by atoms with E-state index in [1.54, 1.807) is 11.0 Å². The zero-order valence-corrected chi connectivity index (χ0v) is 21.6. The largest absolute Gasteiger partial charge is 0.444 e. The highest BCUT2D eigenvalue weighted by Gasteiger charge is 2.35. The van der Waals surface area contributed by atoms with Gasteiger partial charge in [0.05, 0.1) is 30.0 Å². The van der Waals surface area contributed by atoms with Crippen molar-refractivity contribution in [1.29, 1.82) is 5.26 Å². The summed E-state index contributed by atoms with van der Waals surface area (Å²) in [6.45, 7) is 6.52. The molecule has 3 aromatic heterocycles. The van der Waals surface area contributed by atoms with E-state index in [-0.39, 0.29) is 23.4 Å². The van der Waals surface area contributed by atoms with Crippen LogP contribution in [0.4, 0.5) is 10.5 Å². The molecule has 0 bridgehead atoms. The first-order valence-electron chi connectivity index (χ1n) is 12.0. The summed E-state index contributed by atoms with van der Waals surface area (Å²) in [5, 5.41) is 20.4. The predicted molar refractivity (Wildman–Crippen MR) is 136 cm³/mol. The molecule has 190 valence electrons. The fraction of sp³-hybridized carbons (Fsp3) is 0.400. The van der Waals surface area contributed by atoms with Crippen LogP contribution in [0, 0.1) is 11.3 Å². The van der Waals surface area contributed by atoms with Crippen molar-refractivity contribution in [3.05, 3.63) is 52.4 Å². The number of amides is 2. The fourth-order valence-corrected chi connectivity index (χ4v) is 4.99. The van der Waals surface area contributed by atoms with Gasteiger partial charge in [0.25, 0.3) is 5.91 Å². The summed E-state index contributed by atoms with van der Waals surface area (Å²) in [6, 6.07) is 3.63. The van der Waals surface area contributed by atoms with Crippen molar-refractivity contribution in [2.75, 3.05) is 18.4 Å². The molecule has 0 radical (unpaired) electrons. The molecule has 1 N–H and O–H groups in total. The molecule has 0 unspecified atom stereocenters. The van der Waals surface area contributed by atoms with Crippen LogP contribution in [-0.2, 0) is 4.74 Å². The maximum Gasteiger partial charge on any atom is 0.410 e. The summed E-state index contributed by atoms with van der Waals surface area (Å²) in [6.07, 6.45) is 8.80. The highest BCUT2D eigenvalue weighted by Crippen LogP contribution is 2.47. The second-order valence-electron chi connectivity index (χ2n) is 9.93. The maximum absolute atomic E-state index is 13.3. The third-order valence-electron chi connectivity index (χ3n) is 5.94. The number of hydrogen-bond acceptors (Lipinski definition) is 9. The Balaban J connectivity index is 1.34. The van der Waals surface area contributed by atoms with E-state index in [1.165, 1.54) is 34.9 Å². The third-order valence-corrected chi connectivity index (χ3v) is 6.80. The van der Waals surface area contributed by atoms with Gasteiger partial charge in [0.2, 0.25) is 0 Å². The normalized spacial score (nSPS) is 15.6. The second-order valence-corrected chi connectivity index (χ2v) is 10.7. The van der Waals surface area contributed by atoms with E-state index in [1.807, 2.05) is 26.8 Å². The van der Waals surface area contributed by atoms with E-state index >= 15 is 0 Å². The molecule has 1 fully saturated rings. The number of carbonyl (C=O) groups is 2. The Morgan fingerprint density at radius 3 is 2.62 bits per heavy atom. The monoisotopic (exact) mass is 518 g/mol. The van der Waals surface area contributed by atoms with Gasteiger partial charge in [-0.1, -0.05) is 6.08 Å². The minimum Gasteiger partial charge on any atom is -0.444 e. The molecule has 1 saturated carbocycles. The molecule has 2 amide bonds. The van der Waals surface area contributed by atoms with Gasteiger partial charge in [0.15, 0.2) is 5.82 Å². The van der Waals surface area contributed by atoms with E-state index in [0.29, 0.717) is 36.0 Å². The number of ether oxygens (including phenoxy) is 1. The molecule has 0 aromatic carbocycles. The Kier molecular flexibility index (Phi) is 6.47. The van der Waals surface area contributed by atoms with Crippen molar-refractivity contribution in [3.8, 4) is 11.9 Å². The number of carbonyl (C=O) groups excluding carboxylic acids is 2. The van der Waals surface area contributed by atoms with Crippen molar-refractivity contribution in [3.63, 3.8) is 0 Å². The Hall–Kier alpha value is -4.11. The van der Waals surface area contributed by atoms with E-state index in [2.05, 4.69) is 30.9 Å². The van der Waals surface area contributed by atoms with Crippen LogP contribution in [0.3, 0.4) is 0 Å². The smallest absolute Gasteiger partial charge is 0.410 e. The number of hydrogen-bond donors (Lipinski definition) is 1. The van der Waals surface area contributed by atoms with Crippen molar-refractivity contribution in [1.82, 2.24) is 29.3 Å². The molecule has 0 spiro atoms. The molecule has 0 saturated heterocycles. The molecular weight excluding hydrogens is 492 g/mol. The van der Waals surface area contributed by atoms with Crippen molar-refractivity contribution in [2.45, 2.75) is 51.6 Å². The number of aromatic nitrogens is 5. The van der Waals surface area contributed by atoms with Gasteiger partial charge in [0, 0.05) is 18.7 Å². The number of nitrogens with zero attached hydrogens (tertiary/aromatic N) is 7. The van der Waals surface area contributed by atoms with Gasteiger partial charge in [-0.3, -0.25) is 4.79 Å². The van der Waals surface area contributed by atoms with Crippen LogP contribution in [0.25, 0.3) is 11.4 Å². The van der Waals surface area contributed by atoms with E-state index in [4.69, 9.17) is 4.74 Å². The summed E-state index contributed by atoms with van der Waals surface area (Å²) in [5.74, 6) is 0.294. The Labute approximate surface area is 217 Å². The van der Waals surface area contributed by atoms with Crippen LogP contribution in [0.5, 0.6) is 0 Å². The standard InChI is InChI=1S/C25H26N8O3S/c1-25(2,3)36-24(35)32-10-6-16(7-11-32)20-19(15-4-5-15)21(37-31-20)23(34)30-18-12-17(13-26)22(27-14-18)33-28-8-9-29-33/h6,8-9,12,14-15H,4-5,7,10-11H2,1-3H3,(H,30,34). The first-order valence-corrected chi connectivity index (χ1v) is 12.8. The molecule has 37 heavy (non-hydrogen) atoms. The van der Waals surface area contributed by atoms with Crippen LogP contribution in [0.15, 0.2) is 30.7 Å². The zero-order chi connectivity index (χ0) is 26.2. The topological polar surface area (TPSA) is 139 Å². The Morgan fingerprint density at radius 2 is 2.00 bits per heavy atom. The molecule has 4 heterocycles. The van der Waals surface area contributed by atoms with Crippen molar-refractivity contribution in [2.24, 2.45) is 0 Å². The third kappa shape index (κ3) is 5.36. The lowest BCUT2D eigenvalue weighted by molar-refractivity contribution is 0.0270. The lowest BCUT2D eigenvalue weighted by atomic mass is 9.98. The summed E-state index contributed by atoms with van der Waals surface area (Å²) < 4.78 is 10.1. The number of nitrogens with one attached hydrogen (secondary N) is 1. The van der Waals surface area contributed by atoms with Crippen LogP contribution >= 0.6 is 11.5 Å². The average molecular weight is 519 g/mol. The molecule has 1 aliphatic heterocycles.